The second kappa shape index (κ2) is 12.8. The number of anilines is 2. The molecule has 0 spiro atoms. The maximum absolute atomic E-state index is 14.0. The molecule has 2 heterocycles. The SMILES string of the molecule is CC(=O)[N+]1(CCC2CCCN(C(=O)c3ccc(NC(=O)c4ccccc4C)cc3C)c3ccc(Cl)cc32)CCNCC1. The fourth-order valence-electron chi connectivity index (χ4n) is 6.46. The molecule has 5 rings (SSSR count). The first-order valence-corrected chi connectivity index (χ1v) is 15.2. The minimum absolute atomic E-state index is 0.0668. The summed E-state index contributed by atoms with van der Waals surface area (Å²) in [6.45, 7) is 10.2. The molecule has 2 aliphatic rings. The number of piperazine rings is 1. The predicted molar refractivity (Wildman–Crippen MR) is 168 cm³/mol. The second-order valence-electron chi connectivity index (χ2n) is 11.7. The third-order valence-corrected chi connectivity index (χ3v) is 9.25. The molecule has 3 amide bonds. The number of rotatable bonds is 6. The number of hydrogen-bond donors (Lipinski definition) is 2. The molecule has 1 saturated heterocycles. The highest BCUT2D eigenvalue weighted by Crippen LogP contribution is 2.39. The molecule has 1 atom stereocenters. The molecule has 3 aromatic carbocycles. The highest BCUT2D eigenvalue weighted by molar-refractivity contribution is 6.30. The van der Waals surface area contributed by atoms with E-state index in [1.807, 2.05) is 61.2 Å². The molecule has 7 nitrogen and oxygen atoms in total. The molecule has 3 aromatic rings. The number of carbonyl (C=O) groups is 3. The standard InChI is InChI=1S/C34H39ClN4O3/c1-23-7-4-5-9-29(23)33(41)37-28-11-12-30(24(2)21-28)34(42)38-17-6-8-26(31-22-27(35)10-13-32(31)38)14-18-39(25(3)40)19-15-36-16-20-39/h4-5,7,9-13,21-22,26,36H,6,8,14-20H2,1-3H3/p+1. The molecule has 0 aromatic heterocycles. The Bertz CT molecular complexity index is 1500. The van der Waals surface area contributed by atoms with Gasteiger partial charge in [-0.2, -0.15) is 0 Å². The predicted octanol–water partition coefficient (Wildman–Crippen LogP) is 6.09. The maximum atomic E-state index is 14.0. The summed E-state index contributed by atoms with van der Waals surface area (Å²) < 4.78 is 0.508. The minimum atomic E-state index is -0.175. The van der Waals surface area contributed by atoms with Gasteiger partial charge in [0.05, 0.1) is 26.6 Å². The Labute approximate surface area is 253 Å². The van der Waals surface area contributed by atoms with Crippen molar-refractivity contribution in [3.63, 3.8) is 0 Å². The summed E-state index contributed by atoms with van der Waals surface area (Å²) in [6.07, 6.45) is 2.65. The lowest BCUT2D eigenvalue weighted by atomic mass is 9.90. The van der Waals surface area contributed by atoms with Crippen molar-refractivity contribution in [3.8, 4) is 0 Å². The summed E-state index contributed by atoms with van der Waals surface area (Å²) in [4.78, 5) is 41.4. The van der Waals surface area contributed by atoms with Crippen molar-refractivity contribution in [3.05, 3.63) is 93.5 Å². The first-order valence-electron chi connectivity index (χ1n) is 14.9. The number of nitrogens with zero attached hydrogens (tertiary/aromatic N) is 2. The molecule has 8 heteroatoms. The van der Waals surface area contributed by atoms with E-state index in [9.17, 15) is 14.4 Å². The van der Waals surface area contributed by atoms with Crippen molar-refractivity contribution in [1.82, 2.24) is 5.32 Å². The summed E-state index contributed by atoms with van der Waals surface area (Å²) in [6, 6.07) is 18.7. The monoisotopic (exact) mass is 587 g/mol. The molecule has 0 aliphatic carbocycles. The number of hydrogen-bond acceptors (Lipinski definition) is 4. The van der Waals surface area contributed by atoms with Gasteiger partial charge in [-0.25, -0.2) is 4.79 Å². The second-order valence-corrected chi connectivity index (χ2v) is 12.1. The lowest BCUT2D eigenvalue weighted by molar-refractivity contribution is -0.856. The van der Waals surface area contributed by atoms with Gasteiger partial charge in [0.1, 0.15) is 0 Å². The lowest BCUT2D eigenvalue weighted by Gasteiger charge is -2.39. The van der Waals surface area contributed by atoms with Gasteiger partial charge in [-0.15, -0.1) is 0 Å². The zero-order valence-electron chi connectivity index (χ0n) is 24.7. The normalized spacial score (nSPS) is 18.1. The summed E-state index contributed by atoms with van der Waals surface area (Å²) in [7, 11) is 0. The number of quaternary nitrogens is 1. The van der Waals surface area contributed by atoms with Crippen LogP contribution in [0.5, 0.6) is 0 Å². The number of carbonyl (C=O) groups excluding carboxylic acids is 3. The third kappa shape index (κ3) is 6.28. The summed E-state index contributed by atoms with van der Waals surface area (Å²) in [5.41, 5.74) is 5.54. The number of benzene rings is 3. The van der Waals surface area contributed by atoms with Crippen LogP contribution in [0.4, 0.5) is 11.4 Å². The van der Waals surface area contributed by atoms with Crippen LogP contribution < -0.4 is 15.5 Å². The first-order chi connectivity index (χ1) is 20.2. The van der Waals surface area contributed by atoms with Crippen molar-refractivity contribution in [2.75, 3.05) is 49.5 Å². The fraction of sp³-hybridized carbons (Fsp3) is 0.382. The zero-order valence-corrected chi connectivity index (χ0v) is 25.5. The van der Waals surface area contributed by atoms with E-state index < -0.39 is 0 Å². The average Bonchev–Trinajstić information content (AvgIpc) is 3.15. The Morgan fingerprint density at radius 1 is 0.976 bits per heavy atom. The van der Waals surface area contributed by atoms with E-state index in [4.69, 9.17) is 11.6 Å². The highest BCUT2D eigenvalue weighted by Gasteiger charge is 2.37. The van der Waals surface area contributed by atoms with Gasteiger partial charge in [-0.1, -0.05) is 29.8 Å². The van der Waals surface area contributed by atoms with Crippen molar-refractivity contribution >= 4 is 40.7 Å². The van der Waals surface area contributed by atoms with Gasteiger partial charge in [0, 0.05) is 53.6 Å². The van der Waals surface area contributed by atoms with Crippen LogP contribution in [0.25, 0.3) is 0 Å². The van der Waals surface area contributed by atoms with Crippen LogP contribution in [0.2, 0.25) is 5.02 Å². The van der Waals surface area contributed by atoms with E-state index in [0.29, 0.717) is 32.9 Å². The van der Waals surface area contributed by atoms with E-state index in [1.54, 1.807) is 25.1 Å². The molecular weight excluding hydrogens is 548 g/mol. The van der Waals surface area contributed by atoms with E-state index >= 15 is 0 Å². The number of amides is 3. The quantitative estimate of drug-likeness (QED) is 0.342. The van der Waals surface area contributed by atoms with Crippen molar-refractivity contribution in [1.29, 1.82) is 0 Å². The molecule has 1 fully saturated rings. The molecule has 1 unspecified atom stereocenters. The molecule has 42 heavy (non-hydrogen) atoms. The van der Waals surface area contributed by atoms with Crippen molar-refractivity contribution in [2.45, 2.75) is 46.0 Å². The highest BCUT2D eigenvalue weighted by atomic mass is 35.5. The van der Waals surface area contributed by atoms with Crippen LogP contribution in [0.3, 0.4) is 0 Å². The topological polar surface area (TPSA) is 78.5 Å². The van der Waals surface area contributed by atoms with E-state index in [0.717, 1.165) is 74.4 Å². The third-order valence-electron chi connectivity index (χ3n) is 9.01. The Kier molecular flexibility index (Phi) is 9.11. The largest absolute Gasteiger partial charge is 0.322 e. The van der Waals surface area contributed by atoms with Crippen molar-refractivity contribution < 1.29 is 18.9 Å². The van der Waals surface area contributed by atoms with Crippen LogP contribution in [0, 0.1) is 13.8 Å². The fourth-order valence-corrected chi connectivity index (χ4v) is 6.64. The Balaban J connectivity index is 1.37. The van der Waals surface area contributed by atoms with Gasteiger partial charge < -0.3 is 15.5 Å². The molecule has 2 aliphatic heterocycles. The van der Waals surface area contributed by atoms with Crippen LogP contribution in [0.15, 0.2) is 60.7 Å². The Morgan fingerprint density at radius 3 is 2.45 bits per heavy atom. The molecule has 0 bridgehead atoms. The maximum Gasteiger partial charge on any atom is 0.310 e. The van der Waals surface area contributed by atoms with Crippen LogP contribution in [0.1, 0.15) is 69.5 Å². The molecular formula is C34H40ClN4O3+. The van der Waals surface area contributed by atoms with Gasteiger partial charge >= 0.3 is 5.91 Å². The van der Waals surface area contributed by atoms with Gasteiger partial charge in [0.15, 0.2) is 0 Å². The van der Waals surface area contributed by atoms with Crippen molar-refractivity contribution in [2.24, 2.45) is 0 Å². The zero-order chi connectivity index (χ0) is 29.9. The molecule has 220 valence electrons. The number of fused-ring (bicyclic) bond motifs is 1. The van der Waals surface area contributed by atoms with Gasteiger partial charge in [0.2, 0.25) is 0 Å². The van der Waals surface area contributed by atoms with Gasteiger partial charge in [0.25, 0.3) is 11.8 Å². The van der Waals surface area contributed by atoms with Gasteiger partial charge in [-0.3, -0.25) is 14.1 Å². The van der Waals surface area contributed by atoms with E-state index in [-0.39, 0.29) is 23.6 Å². The summed E-state index contributed by atoms with van der Waals surface area (Å²) >= 11 is 6.50. The average molecular weight is 588 g/mol. The number of aryl methyl sites for hydroxylation is 2. The summed E-state index contributed by atoms with van der Waals surface area (Å²) in [5.74, 6) is 0.191. The van der Waals surface area contributed by atoms with Crippen LogP contribution in [-0.4, -0.2) is 61.5 Å². The molecule has 0 radical (unpaired) electrons. The number of nitrogens with one attached hydrogen (secondary N) is 2. The van der Waals surface area contributed by atoms with Crippen LogP contribution in [-0.2, 0) is 4.79 Å². The Morgan fingerprint density at radius 2 is 1.74 bits per heavy atom. The van der Waals surface area contributed by atoms with E-state index in [1.165, 1.54) is 0 Å². The summed E-state index contributed by atoms with van der Waals surface area (Å²) in [5, 5.41) is 6.99. The number of halogens is 1. The lowest BCUT2D eigenvalue weighted by Crippen LogP contribution is -2.61. The first kappa shape index (κ1) is 30.0. The molecule has 2 N–H and O–H groups in total. The van der Waals surface area contributed by atoms with Gasteiger partial charge in [-0.05, 0) is 91.8 Å². The minimum Gasteiger partial charge on any atom is -0.322 e. The smallest absolute Gasteiger partial charge is 0.310 e. The van der Waals surface area contributed by atoms with Crippen LogP contribution >= 0.6 is 11.6 Å². The van der Waals surface area contributed by atoms with E-state index in [2.05, 4.69) is 10.6 Å². The Hall–Kier alpha value is -3.52. The molecule has 0 saturated carbocycles.